The maximum Gasteiger partial charge on any atom is 0.226 e. The Morgan fingerprint density at radius 1 is 1.41 bits per heavy atom. The standard InChI is InChI=1S/C16H17N3O2S/c1-10-9-22-16(17-10)18-15(21)7-12-8-19(11(2)20)14-6-4-3-5-13(12)14/h3-6,9,12H,7-8H2,1-2H3,(H,17,18,21). The second-order valence-corrected chi connectivity index (χ2v) is 6.29. The number of carbonyl (C=O) groups excluding carboxylic acids is 2. The summed E-state index contributed by atoms with van der Waals surface area (Å²) in [5, 5.41) is 5.35. The summed E-state index contributed by atoms with van der Waals surface area (Å²) in [4.78, 5) is 29.9. The number of thiazole rings is 1. The van der Waals surface area contributed by atoms with Crippen LogP contribution in [0.1, 0.15) is 30.5 Å². The first-order chi connectivity index (χ1) is 10.5. The first-order valence-corrected chi connectivity index (χ1v) is 8.01. The molecule has 6 heteroatoms. The Kier molecular flexibility index (Phi) is 3.94. The van der Waals surface area contributed by atoms with Gasteiger partial charge in [-0.2, -0.15) is 0 Å². The fourth-order valence-electron chi connectivity index (χ4n) is 2.77. The molecule has 0 radical (unpaired) electrons. The molecule has 0 fully saturated rings. The lowest BCUT2D eigenvalue weighted by atomic mass is 9.98. The summed E-state index contributed by atoms with van der Waals surface area (Å²) in [7, 11) is 0. The predicted molar refractivity (Wildman–Crippen MR) is 87.3 cm³/mol. The number of amides is 2. The van der Waals surface area contributed by atoms with Crippen molar-refractivity contribution in [2.24, 2.45) is 0 Å². The number of para-hydroxylation sites is 1. The average Bonchev–Trinajstić information content (AvgIpc) is 3.03. The van der Waals surface area contributed by atoms with Gasteiger partial charge in [0, 0.05) is 36.9 Å². The molecule has 3 rings (SSSR count). The molecule has 1 aromatic heterocycles. The van der Waals surface area contributed by atoms with Gasteiger partial charge in [-0.25, -0.2) is 4.98 Å². The molecule has 1 aromatic carbocycles. The van der Waals surface area contributed by atoms with E-state index in [1.807, 2.05) is 36.6 Å². The van der Waals surface area contributed by atoms with Crippen LogP contribution in [0.2, 0.25) is 0 Å². The van der Waals surface area contributed by atoms with Crippen molar-refractivity contribution in [3.63, 3.8) is 0 Å². The molecule has 1 aliphatic rings. The Labute approximate surface area is 133 Å². The molecule has 0 saturated carbocycles. The molecule has 1 aliphatic heterocycles. The Hall–Kier alpha value is -2.21. The molecule has 1 unspecified atom stereocenters. The summed E-state index contributed by atoms with van der Waals surface area (Å²) in [6, 6.07) is 7.77. The van der Waals surface area contributed by atoms with Crippen molar-refractivity contribution < 1.29 is 9.59 Å². The van der Waals surface area contributed by atoms with Crippen LogP contribution < -0.4 is 10.2 Å². The van der Waals surface area contributed by atoms with Gasteiger partial charge in [-0.3, -0.25) is 9.59 Å². The van der Waals surface area contributed by atoms with E-state index in [0.717, 1.165) is 16.9 Å². The third-order valence-corrected chi connectivity index (χ3v) is 4.62. The molecule has 2 aromatic rings. The highest BCUT2D eigenvalue weighted by molar-refractivity contribution is 7.13. The van der Waals surface area contributed by atoms with Gasteiger partial charge in [-0.15, -0.1) is 11.3 Å². The summed E-state index contributed by atoms with van der Waals surface area (Å²) in [5.41, 5.74) is 2.87. The molecule has 2 amide bonds. The smallest absolute Gasteiger partial charge is 0.226 e. The van der Waals surface area contributed by atoms with E-state index in [2.05, 4.69) is 10.3 Å². The highest BCUT2D eigenvalue weighted by Crippen LogP contribution is 2.38. The molecule has 1 atom stereocenters. The Balaban J connectivity index is 1.73. The van der Waals surface area contributed by atoms with Crippen LogP contribution in [0, 0.1) is 6.92 Å². The molecule has 114 valence electrons. The largest absolute Gasteiger partial charge is 0.312 e. The number of anilines is 2. The van der Waals surface area contributed by atoms with Crippen LogP contribution in [0.25, 0.3) is 0 Å². The van der Waals surface area contributed by atoms with Gasteiger partial charge in [0.2, 0.25) is 11.8 Å². The maximum absolute atomic E-state index is 12.2. The number of aryl methyl sites for hydroxylation is 1. The number of carbonyl (C=O) groups is 2. The van der Waals surface area contributed by atoms with Gasteiger partial charge in [0.05, 0.1) is 5.69 Å². The third-order valence-electron chi connectivity index (χ3n) is 3.75. The lowest BCUT2D eigenvalue weighted by Crippen LogP contribution is -2.28. The van der Waals surface area contributed by atoms with Gasteiger partial charge in [0.1, 0.15) is 0 Å². The van der Waals surface area contributed by atoms with Gasteiger partial charge in [0.15, 0.2) is 5.13 Å². The van der Waals surface area contributed by atoms with Gasteiger partial charge < -0.3 is 10.2 Å². The number of nitrogens with one attached hydrogen (secondary N) is 1. The zero-order valence-corrected chi connectivity index (χ0v) is 13.3. The molecule has 0 spiro atoms. The molecular weight excluding hydrogens is 298 g/mol. The van der Waals surface area contributed by atoms with Crippen LogP contribution in [0.15, 0.2) is 29.6 Å². The fourth-order valence-corrected chi connectivity index (χ4v) is 3.48. The lowest BCUT2D eigenvalue weighted by Gasteiger charge is -2.15. The van der Waals surface area contributed by atoms with Crippen LogP contribution in [0.3, 0.4) is 0 Å². The van der Waals surface area contributed by atoms with Crippen LogP contribution >= 0.6 is 11.3 Å². The number of nitrogens with zero attached hydrogens (tertiary/aromatic N) is 2. The summed E-state index contributed by atoms with van der Waals surface area (Å²) >= 11 is 1.42. The van der Waals surface area contributed by atoms with E-state index in [1.54, 1.807) is 11.8 Å². The van der Waals surface area contributed by atoms with Gasteiger partial charge in [-0.05, 0) is 18.6 Å². The monoisotopic (exact) mass is 315 g/mol. The second-order valence-electron chi connectivity index (χ2n) is 5.43. The van der Waals surface area contributed by atoms with Crippen molar-refractivity contribution in [3.05, 3.63) is 40.9 Å². The number of rotatable bonds is 3. The van der Waals surface area contributed by atoms with Crippen LogP contribution in [0.5, 0.6) is 0 Å². The summed E-state index contributed by atoms with van der Waals surface area (Å²) in [6.07, 6.45) is 0.347. The first kappa shape index (κ1) is 14.7. The van der Waals surface area contributed by atoms with E-state index in [1.165, 1.54) is 11.3 Å². The summed E-state index contributed by atoms with van der Waals surface area (Å²) in [5.74, 6) is -0.0355. The molecule has 0 saturated heterocycles. The van der Waals surface area contributed by atoms with E-state index < -0.39 is 0 Å². The SMILES string of the molecule is CC(=O)N1CC(CC(=O)Nc2nc(C)cs2)c2ccccc21. The van der Waals surface area contributed by atoms with Crippen molar-refractivity contribution in [3.8, 4) is 0 Å². The molecule has 22 heavy (non-hydrogen) atoms. The van der Waals surface area contributed by atoms with Crippen molar-refractivity contribution in [2.45, 2.75) is 26.2 Å². The fraction of sp³-hybridized carbons (Fsp3) is 0.312. The minimum Gasteiger partial charge on any atom is -0.312 e. The predicted octanol–water partition coefficient (Wildman–Crippen LogP) is 2.93. The first-order valence-electron chi connectivity index (χ1n) is 7.13. The molecular formula is C16H17N3O2S. The van der Waals surface area contributed by atoms with Crippen molar-refractivity contribution in [2.75, 3.05) is 16.8 Å². The summed E-state index contributed by atoms with van der Waals surface area (Å²) in [6.45, 7) is 4.00. The number of fused-ring (bicyclic) bond motifs is 1. The van der Waals surface area contributed by atoms with Crippen LogP contribution in [0.4, 0.5) is 10.8 Å². The Bertz CT molecular complexity index is 726. The van der Waals surface area contributed by atoms with E-state index in [4.69, 9.17) is 0 Å². The topological polar surface area (TPSA) is 62.3 Å². The van der Waals surface area contributed by atoms with E-state index >= 15 is 0 Å². The van der Waals surface area contributed by atoms with Crippen LogP contribution in [-0.2, 0) is 9.59 Å². The van der Waals surface area contributed by atoms with E-state index in [9.17, 15) is 9.59 Å². The quantitative estimate of drug-likeness (QED) is 0.947. The Morgan fingerprint density at radius 3 is 2.86 bits per heavy atom. The highest BCUT2D eigenvalue weighted by atomic mass is 32.1. The molecule has 1 N–H and O–H groups in total. The number of hydrogen-bond donors (Lipinski definition) is 1. The van der Waals surface area contributed by atoms with E-state index in [-0.39, 0.29) is 17.7 Å². The second kappa shape index (κ2) is 5.88. The minimum absolute atomic E-state index is 0.00547. The van der Waals surface area contributed by atoms with Crippen molar-refractivity contribution in [1.82, 2.24) is 4.98 Å². The zero-order chi connectivity index (χ0) is 15.7. The lowest BCUT2D eigenvalue weighted by molar-refractivity contribution is -0.118. The highest BCUT2D eigenvalue weighted by Gasteiger charge is 2.31. The van der Waals surface area contributed by atoms with E-state index in [0.29, 0.717) is 18.1 Å². The minimum atomic E-state index is -0.0699. The third kappa shape index (κ3) is 2.87. The molecule has 5 nitrogen and oxygen atoms in total. The van der Waals surface area contributed by atoms with Crippen LogP contribution in [-0.4, -0.2) is 23.3 Å². The Morgan fingerprint density at radius 2 is 2.18 bits per heavy atom. The molecule has 2 heterocycles. The molecule has 0 aliphatic carbocycles. The van der Waals surface area contributed by atoms with Gasteiger partial charge >= 0.3 is 0 Å². The molecule has 0 bridgehead atoms. The van der Waals surface area contributed by atoms with Gasteiger partial charge in [-0.1, -0.05) is 18.2 Å². The number of aromatic nitrogens is 1. The average molecular weight is 315 g/mol. The maximum atomic E-state index is 12.2. The number of hydrogen-bond acceptors (Lipinski definition) is 4. The normalized spacial score (nSPS) is 16.5. The van der Waals surface area contributed by atoms with Crippen molar-refractivity contribution >= 4 is 34.0 Å². The zero-order valence-electron chi connectivity index (χ0n) is 12.5. The summed E-state index contributed by atoms with van der Waals surface area (Å²) < 4.78 is 0. The van der Waals surface area contributed by atoms with Crippen molar-refractivity contribution in [1.29, 1.82) is 0 Å². The number of benzene rings is 1. The van der Waals surface area contributed by atoms with Gasteiger partial charge in [0.25, 0.3) is 0 Å².